The summed E-state index contributed by atoms with van der Waals surface area (Å²) in [6.45, 7) is 4.39. The number of rotatable bonds is 1. The first kappa shape index (κ1) is 15.8. The van der Waals surface area contributed by atoms with Gasteiger partial charge in [0.2, 0.25) is 0 Å². The first-order valence-electron chi connectivity index (χ1n) is 5.55. The minimum Gasteiger partial charge on any atom is -0.336 e. The lowest BCUT2D eigenvalue weighted by Crippen LogP contribution is -2.51. The van der Waals surface area contributed by atoms with E-state index in [1.54, 1.807) is 18.2 Å². The second kappa shape index (κ2) is 6.75. The van der Waals surface area contributed by atoms with E-state index in [1.807, 2.05) is 4.90 Å². The molecule has 1 amide bonds. The zero-order chi connectivity index (χ0) is 12.4. The van der Waals surface area contributed by atoms with E-state index in [0.717, 1.165) is 24.1 Å². The summed E-state index contributed by atoms with van der Waals surface area (Å²) in [6.07, 6.45) is 0. The highest BCUT2D eigenvalue weighted by atomic mass is 79.9. The number of benzene rings is 1. The van der Waals surface area contributed by atoms with Gasteiger partial charge in [0, 0.05) is 35.2 Å². The van der Waals surface area contributed by atoms with Gasteiger partial charge in [-0.25, -0.2) is 0 Å². The van der Waals surface area contributed by atoms with Crippen molar-refractivity contribution >= 4 is 45.8 Å². The number of carbonyl (C=O) groups excluding carboxylic acids is 1. The van der Waals surface area contributed by atoms with Crippen LogP contribution in [-0.4, -0.2) is 36.5 Å². The molecule has 1 aliphatic heterocycles. The lowest BCUT2D eigenvalue weighted by atomic mass is 10.1. The van der Waals surface area contributed by atoms with Crippen molar-refractivity contribution < 1.29 is 4.79 Å². The molecule has 1 N–H and O–H groups in total. The molecule has 1 fully saturated rings. The zero-order valence-electron chi connectivity index (χ0n) is 9.95. The van der Waals surface area contributed by atoms with Crippen molar-refractivity contribution in [3.63, 3.8) is 0 Å². The highest BCUT2D eigenvalue weighted by Gasteiger charge is 2.23. The Hall–Kier alpha value is -0.290. The van der Waals surface area contributed by atoms with Gasteiger partial charge in [0.05, 0.1) is 5.56 Å². The third-order valence-corrected chi connectivity index (χ3v) is 3.74. The van der Waals surface area contributed by atoms with Crippen LogP contribution in [0, 0.1) is 0 Å². The lowest BCUT2D eigenvalue weighted by molar-refractivity contribution is 0.0708. The van der Waals surface area contributed by atoms with Gasteiger partial charge in [0.25, 0.3) is 5.91 Å². The maximum absolute atomic E-state index is 12.3. The van der Waals surface area contributed by atoms with Gasteiger partial charge in [-0.3, -0.25) is 4.79 Å². The predicted octanol–water partition coefficient (Wildman–Crippen LogP) is 2.96. The lowest BCUT2D eigenvalue weighted by Gasteiger charge is -2.32. The van der Waals surface area contributed by atoms with Crippen LogP contribution >= 0.6 is 39.9 Å². The van der Waals surface area contributed by atoms with Crippen molar-refractivity contribution in [1.29, 1.82) is 0 Å². The number of carbonyl (C=O) groups is 1. The molecule has 100 valence electrons. The van der Waals surface area contributed by atoms with Gasteiger partial charge in [-0.2, -0.15) is 0 Å². The molecular weight excluding hydrogens is 339 g/mol. The van der Waals surface area contributed by atoms with Crippen LogP contribution in [0.5, 0.6) is 0 Å². The molecule has 0 spiro atoms. The summed E-state index contributed by atoms with van der Waals surface area (Å²) in [5.74, 6) is 0.0349. The highest BCUT2D eigenvalue weighted by Crippen LogP contribution is 2.23. The number of hydrogen-bond donors (Lipinski definition) is 1. The number of nitrogens with zero attached hydrogens (tertiary/aromatic N) is 1. The molecule has 1 aromatic carbocycles. The molecule has 1 aromatic rings. The third-order valence-electron chi connectivity index (χ3n) is 2.81. The Balaban J connectivity index is 0.00000162. The number of amides is 1. The smallest absolute Gasteiger partial charge is 0.255 e. The van der Waals surface area contributed by atoms with Gasteiger partial charge in [0.1, 0.15) is 0 Å². The van der Waals surface area contributed by atoms with Crippen molar-refractivity contribution in [1.82, 2.24) is 10.2 Å². The Morgan fingerprint density at radius 3 is 2.94 bits per heavy atom. The van der Waals surface area contributed by atoms with E-state index in [0.29, 0.717) is 16.6 Å². The summed E-state index contributed by atoms with van der Waals surface area (Å²) in [4.78, 5) is 14.2. The van der Waals surface area contributed by atoms with Gasteiger partial charge in [-0.05, 0) is 41.1 Å². The normalized spacial score (nSPS) is 19.3. The molecule has 1 heterocycles. The topological polar surface area (TPSA) is 32.3 Å². The van der Waals surface area contributed by atoms with Crippen LogP contribution in [0.25, 0.3) is 0 Å². The monoisotopic (exact) mass is 352 g/mol. The summed E-state index contributed by atoms with van der Waals surface area (Å²) < 4.78 is 0.790. The Labute approximate surface area is 126 Å². The number of piperazine rings is 1. The number of halogens is 3. The number of hydrogen-bond acceptors (Lipinski definition) is 2. The average molecular weight is 354 g/mol. The summed E-state index contributed by atoms with van der Waals surface area (Å²) in [7, 11) is 0. The van der Waals surface area contributed by atoms with Crippen LogP contribution in [0.3, 0.4) is 0 Å². The molecule has 18 heavy (non-hydrogen) atoms. The van der Waals surface area contributed by atoms with Gasteiger partial charge < -0.3 is 10.2 Å². The van der Waals surface area contributed by atoms with Crippen molar-refractivity contribution in [2.75, 3.05) is 19.6 Å². The van der Waals surface area contributed by atoms with E-state index in [1.165, 1.54) is 0 Å². The summed E-state index contributed by atoms with van der Waals surface area (Å²) >= 11 is 9.32. The van der Waals surface area contributed by atoms with Gasteiger partial charge >= 0.3 is 0 Å². The van der Waals surface area contributed by atoms with Gasteiger partial charge in [0.15, 0.2) is 0 Å². The first-order chi connectivity index (χ1) is 8.08. The van der Waals surface area contributed by atoms with Gasteiger partial charge in [-0.1, -0.05) is 11.6 Å². The second-order valence-corrected chi connectivity index (χ2v) is 5.52. The Kier molecular flexibility index (Phi) is 5.92. The molecule has 0 aromatic heterocycles. The zero-order valence-corrected chi connectivity index (χ0v) is 13.1. The SMILES string of the molecule is C[C@H]1CN(C(=O)c2cc(Cl)ccc2Br)CCN1.Cl. The molecule has 0 unspecified atom stereocenters. The van der Waals surface area contributed by atoms with E-state index in [-0.39, 0.29) is 18.3 Å². The minimum absolute atomic E-state index is 0. The third kappa shape index (κ3) is 3.60. The molecule has 1 aliphatic rings. The van der Waals surface area contributed by atoms with Crippen LogP contribution in [0.2, 0.25) is 5.02 Å². The summed E-state index contributed by atoms with van der Waals surface area (Å²) in [6, 6.07) is 5.62. The molecule has 0 saturated carbocycles. The molecule has 0 aliphatic carbocycles. The maximum Gasteiger partial charge on any atom is 0.255 e. The van der Waals surface area contributed by atoms with Gasteiger partial charge in [-0.15, -0.1) is 12.4 Å². The van der Waals surface area contributed by atoms with Crippen LogP contribution in [0.15, 0.2) is 22.7 Å². The quantitative estimate of drug-likeness (QED) is 0.841. The molecular formula is C12H15BrCl2N2O. The molecule has 6 heteroatoms. The van der Waals surface area contributed by atoms with E-state index in [2.05, 4.69) is 28.2 Å². The molecule has 0 bridgehead atoms. The standard InChI is InChI=1S/C12H14BrClN2O.ClH/c1-8-7-16(5-4-15-8)12(17)10-6-9(14)2-3-11(10)13;/h2-3,6,8,15H,4-5,7H2,1H3;1H/t8-;/m0./s1. The predicted molar refractivity (Wildman–Crippen MR) is 79.8 cm³/mol. The fraction of sp³-hybridized carbons (Fsp3) is 0.417. The molecule has 0 radical (unpaired) electrons. The van der Waals surface area contributed by atoms with E-state index < -0.39 is 0 Å². The van der Waals surface area contributed by atoms with E-state index in [4.69, 9.17) is 11.6 Å². The van der Waals surface area contributed by atoms with Crippen LogP contribution < -0.4 is 5.32 Å². The second-order valence-electron chi connectivity index (χ2n) is 4.23. The fourth-order valence-corrected chi connectivity index (χ4v) is 2.54. The Morgan fingerprint density at radius 2 is 2.28 bits per heavy atom. The maximum atomic E-state index is 12.3. The van der Waals surface area contributed by atoms with Crippen LogP contribution in [0.1, 0.15) is 17.3 Å². The average Bonchev–Trinajstić information content (AvgIpc) is 2.31. The van der Waals surface area contributed by atoms with E-state index >= 15 is 0 Å². The number of nitrogens with one attached hydrogen (secondary N) is 1. The summed E-state index contributed by atoms with van der Waals surface area (Å²) in [5, 5.41) is 3.90. The molecule has 2 rings (SSSR count). The first-order valence-corrected chi connectivity index (χ1v) is 6.72. The van der Waals surface area contributed by atoms with Crippen LogP contribution in [0.4, 0.5) is 0 Å². The Morgan fingerprint density at radius 1 is 1.56 bits per heavy atom. The van der Waals surface area contributed by atoms with Crippen molar-refractivity contribution in [2.24, 2.45) is 0 Å². The molecule has 1 saturated heterocycles. The fourth-order valence-electron chi connectivity index (χ4n) is 1.95. The summed E-state index contributed by atoms with van der Waals surface area (Å²) in [5.41, 5.74) is 0.631. The largest absolute Gasteiger partial charge is 0.336 e. The van der Waals surface area contributed by atoms with Crippen molar-refractivity contribution in [2.45, 2.75) is 13.0 Å². The van der Waals surface area contributed by atoms with E-state index in [9.17, 15) is 4.79 Å². The Bertz CT molecular complexity index is 442. The highest BCUT2D eigenvalue weighted by molar-refractivity contribution is 9.10. The molecule has 1 atom stereocenters. The van der Waals surface area contributed by atoms with Crippen molar-refractivity contribution in [3.8, 4) is 0 Å². The minimum atomic E-state index is 0. The van der Waals surface area contributed by atoms with Crippen LogP contribution in [-0.2, 0) is 0 Å². The van der Waals surface area contributed by atoms with Crippen molar-refractivity contribution in [3.05, 3.63) is 33.3 Å². The molecule has 3 nitrogen and oxygen atoms in total.